The highest BCUT2D eigenvalue weighted by Gasteiger charge is 2.23. The second-order valence-electron chi connectivity index (χ2n) is 5.03. The second-order valence-corrected chi connectivity index (χ2v) is 5.03. The van der Waals surface area contributed by atoms with Gasteiger partial charge in [0.2, 0.25) is 5.91 Å². The van der Waals surface area contributed by atoms with Crippen LogP contribution in [0.2, 0.25) is 0 Å². The number of benzene rings is 1. The molecule has 0 aliphatic carbocycles. The van der Waals surface area contributed by atoms with E-state index in [2.05, 4.69) is 0 Å². The summed E-state index contributed by atoms with van der Waals surface area (Å²) in [6.07, 6.45) is 0.831. The van der Waals surface area contributed by atoms with Crippen LogP contribution in [0.25, 0.3) is 0 Å². The van der Waals surface area contributed by atoms with Crippen molar-refractivity contribution in [1.82, 2.24) is 4.90 Å². The summed E-state index contributed by atoms with van der Waals surface area (Å²) in [7, 11) is 1.66. The summed E-state index contributed by atoms with van der Waals surface area (Å²) < 4.78 is 0. The van der Waals surface area contributed by atoms with Crippen LogP contribution in [0.4, 0.5) is 5.69 Å². The Morgan fingerprint density at radius 1 is 1.50 bits per heavy atom. The van der Waals surface area contributed by atoms with E-state index in [0.29, 0.717) is 12.1 Å². The first-order chi connectivity index (χ1) is 9.36. The molecule has 1 amide bonds. The van der Waals surface area contributed by atoms with Crippen molar-refractivity contribution in [3.8, 4) is 0 Å². The molecular formula is C14H21N3O3. The van der Waals surface area contributed by atoms with Crippen LogP contribution in [0.1, 0.15) is 25.8 Å². The van der Waals surface area contributed by atoms with E-state index in [1.807, 2.05) is 13.8 Å². The zero-order valence-electron chi connectivity index (χ0n) is 12.1. The molecule has 0 saturated heterocycles. The molecule has 0 radical (unpaired) electrons. The zero-order chi connectivity index (χ0) is 15.3. The monoisotopic (exact) mass is 279 g/mol. The van der Waals surface area contributed by atoms with E-state index in [1.165, 1.54) is 17.0 Å². The maximum absolute atomic E-state index is 12.1. The van der Waals surface area contributed by atoms with E-state index in [4.69, 9.17) is 5.73 Å². The van der Waals surface area contributed by atoms with Crippen molar-refractivity contribution >= 4 is 11.6 Å². The molecule has 0 saturated carbocycles. The molecule has 0 aliphatic heterocycles. The molecule has 1 aromatic carbocycles. The lowest BCUT2D eigenvalue weighted by molar-refractivity contribution is -0.384. The average Bonchev–Trinajstić information content (AvgIpc) is 2.44. The Balaban J connectivity index is 2.75. The van der Waals surface area contributed by atoms with Crippen LogP contribution >= 0.6 is 0 Å². The lowest BCUT2D eigenvalue weighted by atomic mass is 9.99. The molecular weight excluding hydrogens is 258 g/mol. The maximum atomic E-state index is 12.1. The van der Waals surface area contributed by atoms with Crippen molar-refractivity contribution < 1.29 is 9.72 Å². The van der Waals surface area contributed by atoms with Gasteiger partial charge in [0.05, 0.1) is 11.0 Å². The van der Waals surface area contributed by atoms with Gasteiger partial charge in [-0.3, -0.25) is 14.9 Å². The SMILES string of the molecule is CCC(C)C(N)C(=O)N(C)Cc1cccc([N+](=O)[O-])c1. The van der Waals surface area contributed by atoms with Gasteiger partial charge in [0, 0.05) is 25.7 Å². The van der Waals surface area contributed by atoms with E-state index in [9.17, 15) is 14.9 Å². The smallest absolute Gasteiger partial charge is 0.269 e. The summed E-state index contributed by atoms with van der Waals surface area (Å²) in [6, 6.07) is 5.73. The van der Waals surface area contributed by atoms with Gasteiger partial charge in [-0.1, -0.05) is 32.4 Å². The molecule has 2 atom stereocenters. The topological polar surface area (TPSA) is 89.5 Å². The predicted molar refractivity (Wildman–Crippen MR) is 77.0 cm³/mol. The molecule has 0 fully saturated rings. The Kier molecular flexibility index (Phi) is 5.64. The van der Waals surface area contributed by atoms with Crippen LogP contribution in [-0.4, -0.2) is 28.8 Å². The predicted octanol–water partition coefficient (Wildman–Crippen LogP) is 1.93. The first kappa shape index (κ1) is 16.1. The Morgan fingerprint density at radius 2 is 2.15 bits per heavy atom. The van der Waals surface area contributed by atoms with E-state index >= 15 is 0 Å². The van der Waals surface area contributed by atoms with Crippen LogP contribution in [0, 0.1) is 16.0 Å². The van der Waals surface area contributed by atoms with Crippen molar-refractivity contribution in [3.63, 3.8) is 0 Å². The third-order valence-corrected chi connectivity index (χ3v) is 3.46. The van der Waals surface area contributed by atoms with Gasteiger partial charge in [0.25, 0.3) is 5.69 Å². The van der Waals surface area contributed by atoms with Gasteiger partial charge < -0.3 is 10.6 Å². The fraction of sp³-hybridized carbons (Fsp3) is 0.500. The summed E-state index contributed by atoms with van der Waals surface area (Å²) in [5, 5.41) is 10.7. The fourth-order valence-corrected chi connectivity index (χ4v) is 1.87. The van der Waals surface area contributed by atoms with Crippen molar-refractivity contribution in [2.45, 2.75) is 32.9 Å². The Morgan fingerprint density at radius 3 is 2.70 bits per heavy atom. The van der Waals surface area contributed by atoms with E-state index in [-0.39, 0.29) is 17.5 Å². The number of hydrogen-bond acceptors (Lipinski definition) is 4. The minimum absolute atomic E-state index is 0.0228. The summed E-state index contributed by atoms with van der Waals surface area (Å²) in [5.41, 5.74) is 6.64. The van der Waals surface area contributed by atoms with Crippen LogP contribution in [0.3, 0.4) is 0 Å². The maximum Gasteiger partial charge on any atom is 0.269 e. The first-order valence-corrected chi connectivity index (χ1v) is 6.60. The second kappa shape index (κ2) is 7.00. The number of non-ortho nitro benzene ring substituents is 1. The van der Waals surface area contributed by atoms with Crippen molar-refractivity contribution in [2.24, 2.45) is 11.7 Å². The standard InChI is InChI=1S/C14H21N3O3/c1-4-10(2)13(15)14(18)16(3)9-11-6-5-7-12(8-11)17(19)20/h5-8,10,13H,4,9,15H2,1-3H3. The van der Waals surface area contributed by atoms with Gasteiger partial charge in [-0.2, -0.15) is 0 Å². The molecule has 2 N–H and O–H groups in total. The fourth-order valence-electron chi connectivity index (χ4n) is 1.87. The van der Waals surface area contributed by atoms with Crippen LogP contribution in [0.15, 0.2) is 24.3 Å². The first-order valence-electron chi connectivity index (χ1n) is 6.60. The number of hydrogen-bond donors (Lipinski definition) is 1. The highest BCUT2D eigenvalue weighted by molar-refractivity contribution is 5.81. The molecule has 1 aromatic rings. The molecule has 1 rings (SSSR count). The van der Waals surface area contributed by atoms with Gasteiger partial charge in [-0.25, -0.2) is 0 Å². The van der Waals surface area contributed by atoms with Gasteiger partial charge >= 0.3 is 0 Å². The molecule has 0 aromatic heterocycles. The molecule has 0 aliphatic rings. The van der Waals surface area contributed by atoms with Crippen molar-refractivity contribution in [2.75, 3.05) is 7.05 Å². The minimum Gasteiger partial charge on any atom is -0.340 e. The highest BCUT2D eigenvalue weighted by atomic mass is 16.6. The molecule has 20 heavy (non-hydrogen) atoms. The number of likely N-dealkylation sites (N-methyl/N-ethyl adjacent to an activating group) is 1. The van der Waals surface area contributed by atoms with Gasteiger partial charge in [0.15, 0.2) is 0 Å². The van der Waals surface area contributed by atoms with Crippen LogP contribution < -0.4 is 5.73 Å². The number of nitrogens with zero attached hydrogens (tertiary/aromatic N) is 2. The number of nitrogens with two attached hydrogens (primary N) is 1. The van der Waals surface area contributed by atoms with Gasteiger partial charge in [0.1, 0.15) is 0 Å². The van der Waals surface area contributed by atoms with E-state index < -0.39 is 11.0 Å². The number of carbonyl (C=O) groups excluding carboxylic acids is 1. The number of carbonyl (C=O) groups is 1. The summed E-state index contributed by atoms with van der Waals surface area (Å²) >= 11 is 0. The Hall–Kier alpha value is -1.95. The largest absolute Gasteiger partial charge is 0.340 e. The molecule has 0 heterocycles. The number of nitro benzene ring substituents is 1. The van der Waals surface area contributed by atoms with E-state index in [1.54, 1.807) is 19.2 Å². The van der Waals surface area contributed by atoms with Gasteiger partial charge in [-0.05, 0) is 11.5 Å². The van der Waals surface area contributed by atoms with Crippen LogP contribution in [0.5, 0.6) is 0 Å². The van der Waals surface area contributed by atoms with E-state index in [0.717, 1.165) is 6.42 Å². The third-order valence-electron chi connectivity index (χ3n) is 3.46. The molecule has 110 valence electrons. The number of nitro groups is 1. The summed E-state index contributed by atoms with van der Waals surface area (Å²) in [5.74, 6) is -0.0408. The number of amides is 1. The lowest BCUT2D eigenvalue weighted by Gasteiger charge is -2.24. The Labute approximate surface area is 118 Å². The Bertz CT molecular complexity index is 490. The minimum atomic E-state index is -0.538. The normalized spacial score (nSPS) is 13.6. The number of rotatable bonds is 6. The van der Waals surface area contributed by atoms with Crippen molar-refractivity contribution in [3.05, 3.63) is 39.9 Å². The highest BCUT2D eigenvalue weighted by Crippen LogP contribution is 2.15. The quantitative estimate of drug-likeness (QED) is 0.636. The van der Waals surface area contributed by atoms with Crippen molar-refractivity contribution in [1.29, 1.82) is 0 Å². The lowest BCUT2D eigenvalue weighted by Crippen LogP contribution is -2.45. The molecule has 2 unspecified atom stereocenters. The van der Waals surface area contributed by atoms with Crippen LogP contribution in [-0.2, 0) is 11.3 Å². The average molecular weight is 279 g/mol. The molecule has 6 nitrogen and oxygen atoms in total. The summed E-state index contributed by atoms with van der Waals surface area (Å²) in [6.45, 7) is 4.23. The molecule has 0 bridgehead atoms. The summed E-state index contributed by atoms with van der Waals surface area (Å²) in [4.78, 5) is 23.9. The zero-order valence-corrected chi connectivity index (χ0v) is 12.1. The van der Waals surface area contributed by atoms with Gasteiger partial charge in [-0.15, -0.1) is 0 Å². The molecule has 6 heteroatoms. The third kappa shape index (κ3) is 4.03. The molecule has 0 spiro atoms.